The van der Waals surface area contributed by atoms with E-state index in [0.29, 0.717) is 0 Å². The Morgan fingerprint density at radius 2 is 2.50 bits per heavy atom. The van der Waals surface area contributed by atoms with Crippen molar-refractivity contribution < 1.29 is 19.3 Å². The molecule has 0 bridgehead atoms. The minimum absolute atomic E-state index is 0.144. The van der Waals surface area contributed by atoms with E-state index >= 15 is 0 Å². The smallest absolute Gasteiger partial charge is 0.364 e. The van der Waals surface area contributed by atoms with E-state index in [1.807, 2.05) is 0 Å². The molecule has 8 nitrogen and oxygen atoms in total. The lowest BCUT2D eigenvalue weighted by molar-refractivity contribution is -0.135. The Hall–Kier alpha value is -2.12. The second kappa shape index (κ2) is 4.21. The Kier molecular flexibility index (Phi) is 3.00. The van der Waals surface area contributed by atoms with Gasteiger partial charge < -0.3 is 20.2 Å². The fourth-order valence-electron chi connectivity index (χ4n) is 0.708. The van der Waals surface area contributed by atoms with E-state index in [1.165, 1.54) is 0 Å². The van der Waals surface area contributed by atoms with Crippen LogP contribution in [0.1, 0.15) is 12.7 Å². The molecule has 1 rings (SSSR count). The third kappa shape index (κ3) is 1.97. The zero-order valence-corrected chi connectivity index (χ0v) is 7.30. The first-order chi connectivity index (χ1) is 6.69. The minimum Gasteiger partial charge on any atom is -0.461 e. The highest BCUT2D eigenvalue weighted by Crippen LogP contribution is 2.01. The van der Waals surface area contributed by atoms with Crippen LogP contribution in [0.15, 0.2) is 9.68 Å². The van der Waals surface area contributed by atoms with Crippen LogP contribution >= 0.6 is 0 Å². The van der Waals surface area contributed by atoms with Gasteiger partial charge in [0.25, 0.3) is 0 Å². The second-order valence-corrected chi connectivity index (χ2v) is 2.13. The number of carbonyl (C=O) groups excluding carboxylic acids is 1. The summed E-state index contributed by atoms with van der Waals surface area (Å²) < 4.78 is 8.96. The molecule has 0 aliphatic carbocycles. The van der Waals surface area contributed by atoms with Gasteiger partial charge in [0.1, 0.15) is 0 Å². The lowest BCUT2D eigenvalue weighted by Crippen LogP contribution is -2.20. The third-order valence-electron chi connectivity index (χ3n) is 1.22. The molecule has 14 heavy (non-hydrogen) atoms. The van der Waals surface area contributed by atoms with Gasteiger partial charge in [-0.2, -0.15) is 4.98 Å². The summed E-state index contributed by atoms with van der Waals surface area (Å²) in [5.74, 6) is -1.07. The summed E-state index contributed by atoms with van der Waals surface area (Å²) in [7, 11) is 0. The van der Waals surface area contributed by atoms with E-state index in [-0.39, 0.29) is 18.4 Å². The molecule has 0 unspecified atom stereocenters. The van der Waals surface area contributed by atoms with Crippen molar-refractivity contribution in [3.8, 4) is 0 Å². The minimum atomic E-state index is -0.851. The van der Waals surface area contributed by atoms with Crippen LogP contribution in [0.5, 0.6) is 0 Å². The average molecular weight is 200 g/mol. The van der Waals surface area contributed by atoms with Crippen LogP contribution in [0, 0.1) is 0 Å². The Balaban J connectivity index is 2.88. The molecule has 1 heterocycles. The van der Waals surface area contributed by atoms with Gasteiger partial charge in [0.2, 0.25) is 11.5 Å². The van der Waals surface area contributed by atoms with Crippen LogP contribution in [0.3, 0.4) is 0 Å². The highest BCUT2D eigenvalue weighted by atomic mass is 16.5. The average Bonchev–Trinajstić information content (AvgIpc) is 2.54. The molecule has 76 valence electrons. The van der Waals surface area contributed by atoms with E-state index in [2.05, 4.69) is 24.6 Å². The van der Waals surface area contributed by atoms with Crippen molar-refractivity contribution >= 4 is 17.7 Å². The fourth-order valence-corrected chi connectivity index (χ4v) is 0.708. The molecule has 0 aliphatic heterocycles. The van der Waals surface area contributed by atoms with Gasteiger partial charge >= 0.3 is 12.0 Å². The number of aromatic nitrogens is 2. The molecule has 0 saturated heterocycles. The van der Waals surface area contributed by atoms with Gasteiger partial charge in [-0.3, -0.25) is 0 Å². The number of nitrogens with zero attached hydrogens (tertiary/aromatic N) is 3. The molecule has 8 heteroatoms. The second-order valence-electron chi connectivity index (χ2n) is 2.13. The highest BCUT2D eigenvalue weighted by Gasteiger charge is 2.21. The van der Waals surface area contributed by atoms with Gasteiger partial charge in [-0.1, -0.05) is 10.3 Å². The van der Waals surface area contributed by atoms with Gasteiger partial charge in [0, 0.05) is 0 Å². The van der Waals surface area contributed by atoms with E-state index in [9.17, 15) is 4.79 Å². The SMILES string of the molecule is CCOC(=O)/C(=N\O)c1noc(N)n1. The number of ether oxygens (including phenoxy) is 1. The van der Waals surface area contributed by atoms with Gasteiger partial charge in [-0.25, -0.2) is 4.79 Å². The molecule has 0 fully saturated rings. The van der Waals surface area contributed by atoms with E-state index in [4.69, 9.17) is 10.9 Å². The number of carbonyl (C=O) groups is 1. The Morgan fingerprint density at radius 1 is 1.79 bits per heavy atom. The van der Waals surface area contributed by atoms with Crippen LogP contribution in [-0.2, 0) is 9.53 Å². The normalized spacial score (nSPS) is 11.4. The third-order valence-corrected chi connectivity index (χ3v) is 1.22. The Labute approximate surface area is 78.3 Å². The summed E-state index contributed by atoms with van der Waals surface area (Å²) in [5.41, 5.74) is 4.66. The number of rotatable bonds is 3. The van der Waals surface area contributed by atoms with Crippen molar-refractivity contribution in [2.45, 2.75) is 6.92 Å². The zero-order chi connectivity index (χ0) is 10.6. The zero-order valence-electron chi connectivity index (χ0n) is 7.30. The Morgan fingerprint density at radius 3 is 2.93 bits per heavy atom. The predicted octanol–water partition coefficient (Wildman–Crippen LogP) is -0.607. The van der Waals surface area contributed by atoms with Crippen molar-refractivity contribution in [3.63, 3.8) is 0 Å². The number of hydrogen-bond donors (Lipinski definition) is 2. The van der Waals surface area contributed by atoms with E-state index in [1.54, 1.807) is 6.92 Å². The summed E-state index contributed by atoms with van der Waals surface area (Å²) in [6.45, 7) is 1.75. The lowest BCUT2D eigenvalue weighted by Gasteiger charge is -1.98. The summed E-state index contributed by atoms with van der Waals surface area (Å²) in [6.07, 6.45) is 0. The van der Waals surface area contributed by atoms with Gasteiger partial charge in [-0.05, 0) is 6.92 Å². The number of esters is 1. The lowest BCUT2D eigenvalue weighted by atomic mass is 10.3. The highest BCUT2D eigenvalue weighted by molar-refractivity contribution is 6.42. The Bertz CT molecular complexity index is 358. The molecule has 1 aromatic rings. The maximum Gasteiger partial charge on any atom is 0.364 e. The number of nitrogen functional groups attached to an aromatic ring is 1. The van der Waals surface area contributed by atoms with Crippen molar-refractivity contribution in [1.29, 1.82) is 0 Å². The maximum atomic E-state index is 11.1. The molecule has 0 amide bonds. The molecule has 3 N–H and O–H groups in total. The summed E-state index contributed by atoms with van der Waals surface area (Å²) >= 11 is 0. The maximum absolute atomic E-state index is 11.1. The first-order valence-electron chi connectivity index (χ1n) is 3.67. The van der Waals surface area contributed by atoms with Crippen LogP contribution in [-0.4, -0.2) is 33.6 Å². The molecule has 0 aromatic carbocycles. The van der Waals surface area contributed by atoms with Gasteiger partial charge in [0.15, 0.2) is 0 Å². The molecule has 0 radical (unpaired) electrons. The van der Waals surface area contributed by atoms with Crippen LogP contribution < -0.4 is 5.73 Å². The first kappa shape index (κ1) is 9.96. The molecule has 1 aromatic heterocycles. The fraction of sp³-hybridized carbons (Fsp3) is 0.333. The van der Waals surface area contributed by atoms with Crippen molar-refractivity contribution in [2.24, 2.45) is 5.16 Å². The largest absolute Gasteiger partial charge is 0.461 e. The molecule has 0 saturated carbocycles. The van der Waals surface area contributed by atoms with Crippen molar-refractivity contribution in [1.82, 2.24) is 10.1 Å². The van der Waals surface area contributed by atoms with Crippen LogP contribution in [0.2, 0.25) is 0 Å². The standard InChI is InChI=1S/C6H8N4O4/c1-2-13-5(11)3(9-12)4-8-6(7)14-10-4/h12H,2H2,1H3,(H2,7,8,10)/b9-3-. The molecule has 0 aliphatic rings. The van der Waals surface area contributed by atoms with Crippen LogP contribution in [0.4, 0.5) is 6.01 Å². The number of nitrogens with two attached hydrogens (primary N) is 1. The quantitative estimate of drug-likeness (QED) is 0.288. The van der Waals surface area contributed by atoms with Gasteiger partial charge in [-0.15, -0.1) is 0 Å². The molecular weight excluding hydrogens is 192 g/mol. The monoisotopic (exact) mass is 200 g/mol. The van der Waals surface area contributed by atoms with Gasteiger partial charge in [0.05, 0.1) is 6.61 Å². The number of hydrogen-bond acceptors (Lipinski definition) is 8. The molecule has 0 atom stereocenters. The van der Waals surface area contributed by atoms with E-state index in [0.717, 1.165) is 0 Å². The number of oxime groups is 1. The topological polar surface area (TPSA) is 124 Å². The molecular formula is C6H8N4O4. The summed E-state index contributed by atoms with van der Waals surface area (Å²) in [5, 5.41) is 14.5. The molecule has 0 spiro atoms. The van der Waals surface area contributed by atoms with Crippen molar-refractivity contribution in [2.75, 3.05) is 12.3 Å². The van der Waals surface area contributed by atoms with E-state index < -0.39 is 11.7 Å². The number of anilines is 1. The summed E-state index contributed by atoms with van der Waals surface area (Å²) in [4.78, 5) is 14.6. The predicted molar refractivity (Wildman–Crippen MR) is 43.7 cm³/mol. The van der Waals surface area contributed by atoms with Crippen molar-refractivity contribution in [3.05, 3.63) is 5.82 Å². The van der Waals surface area contributed by atoms with Crippen LogP contribution in [0.25, 0.3) is 0 Å². The summed E-state index contributed by atoms with van der Waals surface area (Å²) in [6, 6.07) is -0.231. The first-order valence-corrected chi connectivity index (χ1v) is 3.67.